The summed E-state index contributed by atoms with van der Waals surface area (Å²) in [4.78, 5) is 0.227. The Labute approximate surface area is 171 Å². The molecule has 0 fully saturated rings. The number of benzene rings is 3. The van der Waals surface area contributed by atoms with E-state index in [4.69, 9.17) is 4.74 Å². The molecule has 0 spiro atoms. The summed E-state index contributed by atoms with van der Waals surface area (Å²) in [5.41, 5.74) is 3.33. The minimum Gasteiger partial charge on any atom is -0.494 e. The van der Waals surface area contributed by atoms with Crippen molar-refractivity contribution >= 4 is 10.0 Å². The zero-order valence-electron chi connectivity index (χ0n) is 16.7. The molecule has 0 unspecified atom stereocenters. The lowest BCUT2D eigenvalue weighted by molar-refractivity contribution is 0.382. The molecule has 0 bridgehead atoms. The maximum absolute atomic E-state index is 14.2. The average Bonchev–Trinajstić information content (AvgIpc) is 2.70. The highest BCUT2D eigenvalue weighted by Gasteiger charge is 2.25. The highest BCUT2D eigenvalue weighted by molar-refractivity contribution is 7.89. The lowest BCUT2D eigenvalue weighted by Crippen LogP contribution is -2.30. The SMILES string of the molecule is COc1ccc(CN(Cc2ccccc2)S(=O)(=O)c2ccc(C)c(C)c2)cc1F. The number of sulfonamides is 1. The largest absolute Gasteiger partial charge is 0.494 e. The Hall–Kier alpha value is -2.70. The molecule has 6 heteroatoms. The van der Waals surface area contributed by atoms with Crippen LogP contribution in [0.5, 0.6) is 5.75 Å². The van der Waals surface area contributed by atoms with Crippen molar-refractivity contribution in [2.75, 3.05) is 7.11 Å². The fourth-order valence-electron chi connectivity index (χ4n) is 3.05. The Morgan fingerprint density at radius 2 is 1.55 bits per heavy atom. The van der Waals surface area contributed by atoms with Gasteiger partial charge in [-0.25, -0.2) is 12.8 Å². The third kappa shape index (κ3) is 4.83. The second-order valence-corrected chi connectivity index (χ2v) is 8.91. The normalized spacial score (nSPS) is 11.6. The van der Waals surface area contributed by atoms with E-state index in [2.05, 4.69) is 0 Å². The molecule has 3 aromatic rings. The zero-order chi connectivity index (χ0) is 21.0. The van der Waals surface area contributed by atoms with Crippen LogP contribution in [0, 0.1) is 19.7 Å². The minimum atomic E-state index is -3.79. The molecule has 0 saturated heterocycles. The van der Waals surface area contributed by atoms with Crippen LogP contribution < -0.4 is 4.74 Å². The quantitative estimate of drug-likeness (QED) is 0.557. The molecule has 3 aromatic carbocycles. The van der Waals surface area contributed by atoms with Gasteiger partial charge in [0, 0.05) is 13.1 Å². The molecule has 0 atom stereocenters. The summed E-state index contributed by atoms with van der Waals surface area (Å²) in [6.45, 7) is 4.05. The van der Waals surface area contributed by atoms with Crippen molar-refractivity contribution in [2.24, 2.45) is 0 Å². The molecule has 3 rings (SSSR count). The number of hydrogen-bond acceptors (Lipinski definition) is 3. The van der Waals surface area contributed by atoms with E-state index in [-0.39, 0.29) is 23.7 Å². The van der Waals surface area contributed by atoms with Crippen LogP contribution >= 0.6 is 0 Å². The first-order valence-corrected chi connectivity index (χ1v) is 10.7. The van der Waals surface area contributed by atoms with Crippen LogP contribution in [0.1, 0.15) is 22.3 Å². The highest BCUT2D eigenvalue weighted by Crippen LogP contribution is 2.25. The first-order valence-electron chi connectivity index (χ1n) is 9.25. The maximum atomic E-state index is 14.2. The van der Waals surface area contributed by atoms with Crippen LogP contribution in [0.25, 0.3) is 0 Å². The van der Waals surface area contributed by atoms with Gasteiger partial charge in [-0.2, -0.15) is 4.31 Å². The van der Waals surface area contributed by atoms with Gasteiger partial charge in [0.05, 0.1) is 12.0 Å². The summed E-state index contributed by atoms with van der Waals surface area (Å²) >= 11 is 0. The number of nitrogens with zero attached hydrogens (tertiary/aromatic N) is 1. The predicted octanol–water partition coefficient (Wildman–Crippen LogP) is 4.84. The number of ether oxygens (including phenoxy) is 1. The van der Waals surface area contributed by atoms with Gasteiger partial charge in [0.2, 0.25) is 10.0 Å². The van der Waals surface area contributed by atoms with Crippen LogP contribution in [0.2, 0.25) is 0 Å². The van der Waals surface area contributed by atoms with Gasteiger partial charge in [-0.1, -0.05) is 42.5 Å². The van der Waals surface area contributed by atoms with Crippen LogP contribution in [-0.2, 0) is 23.1 Å². The summed E-state index contributed by atoms with van der Waals surface area (Å²) < 4.78 is 47.3. The van der Waals surface area contributed by atoms with Gasteiger partial charge in [-0.3, -0.25) is 0 Å². The van der Waals surface area contributed by atoms with E-state index < -0.39 is 15.8 Å². The van der Waals surface area contributed by atoms with Crippen LogP contribution in [0.4, 0.5) is 4.39 Å². The van der Waals surface area contributed by atoms with Crippen LogP contribution in [0.15, 0.2) is 71.6 Å². The molecule has 0 aliphatic heterocycles. The van der Waals surface area contributed by atoms with Gasteiger partial charge >= 0.3 is 0 Å². The second-order valence-electron chi connectivity index (χ2n) is 6.97. The third-order valence-corrected chi connectivity index (χ3v) is 6.68. The Bertz CT molecular complexity index is 1100. The number of hydrogen-bond donors (Lipinski definition) is 0. The molecule has 152 valence electrons. The van der Waals surface area contributed by atoms with Gasteiger partial charge in [-0.05, 0) is 60.4 Å². The summed E-state index contributed by atoms with van der Waals surface area (Å²) in [6, 6.07) is 18.9. The molecule has 0 aromatic heterocycles. The Kier molecular flexibility index (Phi) is 6.35. The first kappa shape index (κ1) is 21.0. The number of halogens is 1. The summed E-state index contributed by atoms with van der Waals surface area (Å²) in [6.07, 6.45) is 0. The van der Waals surface area contributed by atoms with Crippen LogP contribution in [-0.4, -0.2) is 19.8 Å². The van der Waals surface area contributed by atoms with Gasteiger partial charge in [0.25, 0.3) is 0 Å². The highest BCUT2D eigenvalue weighted by atomic mass is 32.2. The molecule has 0 aliphatic carbocycles. The first-order chi connectivity index (χ1) is 13.8. The van der Waals surface area contributed by atoms with E-state index in [0.717, 1.165) is 16.7 Å². The minimum absolute atomic E-state index is 0.0467. The standard InChI is InChI=1S/C23H24FNO3S/c1-17-9-11-21(13-18(17)2)29(26,27)25(15-19-7-5-4-6-8-19)16-20-10-12-23(28-3)22(24)14-20/h4-14H,15-16H2,1-3H3. The molecule has 0 heterocycles. The van der Waals surface area contributed by atoms with Crippen molar-refractivity contribution in [3.63, 3.8) is 0 Å². The zero-order valence-corrected chi connectivity index (χ0v) is 17.5. The molecule has 4 nitrogen and oxygen atoms in total. The van der Waals surface area contributed by atoms with Crippen molar-refractivity contribution in [3.8, 4) is 5.75 Å². The lowest BCUT2D eigenvalue weighted by atomic mass is 10.1. The van der Waals surface area contributed by atoms with E-state index in [1.807, 2.05) is 44.2 Å². The number of aryl methyl sites for hydroxylation is 2. The van der Waals surface area contributed by atoms with E-state index >= 15 is 0 Å². The monoisotopic (exact) mass is 413 g/mol. The van der Waals surface area contributed by atoms with Crippen molar-refractivity contribution in [1.82, 2.24) is 4.31 Å². The lowest BCUT2D eigenvalue weighted by Gasteiger charge is -2.23. The molecule has 0 N–H and O–H groups in total. The summed E-state index contributed by atoms with van der Waals surface area (Å²) in [5, 5.41) is 0. The second kappa shape index (κ2) is 8.76. The Morgan fingerprint density at radius 1 is 0.862 bits per heavy atom. The van der Waals surface area contributed by atoms with Gasteiger partial charge in [0.1, 0.15) is 0 Å². The summed E-state index contributed by atoms with van der Waals surface area (Å²) in [7, 11) is -2.39. The smallest absolute Gasteiger partial charge is 0.243 e. The number of rotatable bonds is 7. The molecule has 0 radical (unpaired) electrons. The maximum Gasteiger partial charge on any atom is 0.243 e. The topological polar surface area (TPSA) is 46.6 Å². The Balaban J connectivity index is 2.00. The molecular weight excluding hydrogens is 389 g/mol. The number of methoxy groups -OCH3 is 1. The van der Waals surface area contributed by atoms with Crippen LogP contribution in [0.3, 0.4) is 0 Å². The average molecular weight is 414 g/mol. The van der Waals surface area contributed by atoms with Gasteiger partial charge < -0.3 is 4.74 Å². The molecule has 0 saturated carbocycles. The van der Waals surface area contributed by atoms with E-state index in [1.165, 1.54) is 23.5 Å². The molecule has 0 amide bonds. The van der Waals surface area contributed by atoms with E-state index in [9.17, 15) is 12.8 Å². The fraction of sp³-hybridized carbons (Fsp3) is 0.217. The van der Waals surface area contributed by atoms with E-state index in [1.54, 1.807) is 24.3 Å². The van der Waals surface area contributed by atoms with Crippen molar-refractivity contribution < 1.29 is 17.5 Å². The Morgan fingerprint density at radius 3 is 2.17 bits per heavy atom. The predicted molar refractivity (Wildman–Crippen MR) is 112 cm³/mol. The summed E-state index contributed by atoms with van der Waals surface area (Å²) in [5.74, 6) is -0.395. The van der Waals surface area contributed by atoms with E-state index in [0.29, 0.717) is 5.56 Å². The fourth-order valence-corrected chi connectivity index (χ4v) is 4.55. The van der Waals surface area contributed by atoms with Gasteiger partial charge in [-0.15, -0.1) is 0 Å². The van der Waals surface area contributed by atoms with Gasteiger partial charge in [0.15, 0.2) is 11.6 Å². The third-order valence-electron chi connectivity index (χ3n) is 4.89. The molecule has 29 heavy (non-hydrogen) atoms. The van der Waals surface area contributed by atoms with Crippen molar-refractivity contribution in [2.45, 2.75) is 31.8 Å². The molecule has 0 aliphatic rings. The van der Waals surface area contributed by atoms with Crippen molar-refractivity contribution in [1.29, 1.82) is 0 Å². The molecular formula is C23H24FNO3S. The van der Waals surface area contributed by atoms with Crippen molar-refractivity contribution in [3.05, 3.63) is 94.8 Å².